The first-order chi connectivity index (χ1) is 12.3. The van der Waals surface area contributed by atoms with Gasteiger partial charge in [-0.25, -0.2) is 0 Å². The Morgan fingerprint density at radius 3 is 2.28 bits per heavy atom. The first kappa shape index (κ1) is 19.0. The fourth-order valence-electron chi connectivity index (χ4n) is 5.31. The van der Waals surface area contributed by atoms with Gasteiger partial charge in [0.1, 0.15) is 0 Å². The predicted molar refractivity (Wildman–Crippen MR) is 110 cm³/mol. The van der Waals surface area contributed by atoms with Gasteiger partial charge in [0, 0.05) is 0 Å². The lowest BCUT2D eigenvalue weighted by atomic mass is 9.75. The fraction of sp³-hybridized carbons (Fsp3) is 0.760. The molecule has 0 radical (unpaired) electrons. The Balaban J connectivity index is 1.52. The zero-order valence-electron chi connectivity index (χ0n) is 16.9. The third kappa shape index (κ3) is 5.35. The summed E-state index contributed by atoms with van der Waals surface area (Å²) in [5.74, 6) is 2.84. The largest absolute Gasteiger partial charge is 0.0654 e. The Hall–Kier alpha value is -0.780. The standard InChI is InChI=1S/C25H40/c1-3-5-7-9-20-10-13-22(14-11-20)24-17-16-23-18-21(8-6-4-2)12-15-25(23)19-24/h16-17,19-22H,3-15,18H2,1-2H3. The second kappa shape index (κ2) is 9.79. The quantitative estimate of drug-likeness (QED) is 0.423. The van der Waals surface area contributed by atoms with E-state index < -0.39 is 0 Å². The molecule has 0 bridgehead atoms. The van der Waals surface area contributed by atoms with Crippen molar-refractivity contribution >= 4 is 0 Å². The van der Waals surface area contributed by atoms with E-state index in [-0.39, 0.29) is 0 Å². The summed E-state index contributed by atoms with van der Waals surface area (Å²) in [5, 5.41) is 0. The van der Waals surface area contributed by atoms with Crippen LogP contribution < -0.4 is 0 Å². The molecule has 0 heterocycles. The first-order valence-corrected chi connectivity index (χ1v) is 11.4. The normalized spacial score (nSPS) is 26.4. The lowest BCUT2D eigenvalue weighted by Gasteiger charge is -2.30. The van der Waals surface area contributed by atoms with Gasteiger partial charge < -0.3 is 0 Å². The SMILES string of the molecule is CCCCCC1CCC(c2ccc3c(c2)CCC(CCCC)C3)CC1. The molecule has 25 heavy (non-hydrogen) atoms. The van der Waals surface area contributed by atoms with E-state index in [2.05, 4.69) is 32.0 Å². The summed E-state index contributed by atoms with van der Waals surface area (Å²) < 4.78 is 0. The molecular weight excluding hydrogens is 300 g/mol. The van der Waals surface area contributed by atoms with Crippen molar-refractivity contribution in [1.82, 2.24) is 0 Å². The van der Waals surface area contributed by atoms with Crippen LogP contribution in [0.2, 0.25) is 0 Å². The van der Waals surface area contributed by atoms with Crippen molar-refractivity contribution in [2.45, 2.75) is 110 Å². The Bertz CT molecular complexity index is 507. The monoisotopic (exact) mass is 340 g/mol. The molecule has 0 nitrogen and oxygen atoms in total. The smallest absolute Gasteiger partial charge is 0.0162 e. The van der Waals surface area contributed by atoms with Crippen LogP contribution in [0.5, 0.6) is 0 Å². The molecule has 0 heteroatoms. The van der Waals surface area contributed by atoms with Gasteiger partial charge in [-0.3, -0.25) is 0 Å². The van der Waals surface area contributed by atoms with Crippen molar-refractivity contribution in [3.8, 4) is 0 Å². The maximum absolute atomic E-state index is 2.60. The molecule has 1 aromatic carbocycles. The number of hydrogen-bond donors (Lipinski definition) is 0. The molecule has 1 aromatic rings. The van der Waals surface area contributed by atoms with E-state index >= 15 is 0 Å². The van der Waals surface area contributed by atoms with E-state index in [9.17, 15) is 0 Å². The molecule has 0 spiro atoms. The average Bonchev–Trinajstić information content (AvgIpc) is 2.66. The van der Waals surface area contributed by atoms with Crippen molar-refractivity contribution in [3.05, 3.63) is 34.9 Å². The van der Waals surface area contributed by atoms with E-state index in [0.717, 1.165) is 17.8 Å². The van der Waals surface area contributed by atoms with Crippen LogP contribution in [0.3, 0.4) is 0 Å². The summed E-state index contributed by atoms with van der Waals surface area (Å²) in [5.41, 5.74) is 5.03. The highest BCUT2D eigenvalue weighted by atomic mass is 14.3. The molecular formula is C25H40. The van der Waals surface area contributed by atoms with Crippen LogP contribution in [0.15, 0.2) is 18.2 Å². The van der Waals surface area contributed by atoms with Gasteiger partial charge in [-0.05, 0) is 79.4 Å². The summed E-state index contributed by atoms with van der Waals surface area (Å²) in [6.45, 7) is 4.64. The molecule has 0 saturated heterocycles. The van der Waals surface area contributed by atoms with Gasteiger partial charge in [-0.15, -0.1) is 0 Å². The predicted octanol–water partition coefficient (Wildman–Crippen LogP) is 7.84. The second-order valence-corrected chi connectivity index (χ2v) is 8.99. The van der Waals surface area contributed by atoms with Gasteiger partial charge in [-0.1, -0.05) is 77.0 Å². The molecule has 0 N–H and O–H groups in total. The topological polar surface area (TPSA) is 0 Å². The zero-order valence-corrected chi connectivity index (χ0v) is 16.9. The fourth-order valence-corrected chi connectivity index (χ4v) is 5.31. The van der Waals surface area contributed by atoms with Gasteiger partial charge in [0.25, 0.3) is 0 Å². The van der Waals surface area contributed by atoms with Crippen molar-refractivity contribution in [2.24, 2.45) is 11.8 Å². The van der Waals surface area contributed by atoms with Gasteiger partial charge in [0.2, 0.25) is 0 Å². The molecule has 1 fully saturated rings. The van der Waals surface area contributed by atoms with E-state index in [4.69, 9.17) is 0 Å². The Morgan fingerprint density at radius 1 is 0.760 bits per heavy atom. The number of rotatable bonds is 8. The molecule has 0 amide bonds. The Kier molecular flexibility index (Phi) is 7.44. The summed E-state index contributed by atoms with van der Waals surface area (Å²) >= 11 is 0. The minimum atomic E-state index is 0.852. The summed E-state index contributed by atoms with van der Waals surface area (Å²) in [6, 6.07) is 7.59. The van der Waals surface area contributed by atoms with Gasteiger partial charge in [-0.2, -0.15) is 0 Å². The molecule has 3 rings (SSSR count). The summed E-state index contributed by atoms with van der Waals surface area (Å²) in [6.07, 6.45) is 19.9. The van der Waals surface area contributed by atoms with Crippen LogP contribution >= 0.6 is 0 Å². The minimum absolute atomic E-state index is 0.852. The van der Waals surface area contributed by atoms with Crippen LogP contribution in [0.4, 0.5) is 0 Å². The molecule has 1 unspecified atom stereocenters. The van der Waals surface area contributed by atoms with Crippen molar-refractivity contribution in [3.63, 3.8) is 0 Å². The lowest BCUT2D eigenvalue weighted by Crippen LogP contribution is -2.16. The highest BCUT2D eigenvalue weighted by Crippen LogP contribution is 2.39. The van der Waals surface area contributed by atoms with Crippen molar-refractivity contribution < 1.29 is 0 Å². The molecule has 1 saturated carbocycles. The summed E-state index contributed by atoms with van der Waals surface area (Å²) in [4.78, 5) is 0. The highest BCUT2D eigenvalue weighted by molar-refractivity contribution is 5.36. The maximum Gasteiger partial charge on any atom is -0.0162 e. The van der Waals surface area contributed by atoms with E-state index in [1.807, 2.05) is 0 Å². The highest BCUT2D eigenvalue weighted by Gasteiger charge is 2.24. The van der Waals surface area contributed by atoms with Crippen molar-refractivity contribution in [1.29, 1.82) is 0 Å². The number of aryl methyl sites for hydroxylation is 1. The molecule has 0 aromatic heterocycles. The minimum Gasteiger partial charge on any atom is -0.0654 e. The Morgan fingerprint density at radius 2 is 1.52 bits per heavy atom. The first-order valence-electron chi connectivity index (χ1n) is 11.4. The number of hydrogen-bond acceptors (Lipinski definition) is 0. The number of unbranched alkanes of at least 4 members (excludes halogenated alkanes) is 3. The second-order valence-electron chi connectivity index (χ2n) is 8.99. The van der Waals surface area contributed by atoms with Crippen LogP contribution in [-0.4, -0.2) is 0 Å². The summed E-state index contributed by atoms with van der Waals surface area (Å²) in [7, 11) is 0. The number of benzene rings is 1. The average molecular weight is 341 g/mol. The van der Waals surface area contributed by atoms with E-state index in [1.165, 1.54) is 89.9 Å². The van der Waals surface area contributed by atoms with Gasteiger partial charge >= 0.3 is 0 Å². The Labute approximate surface area is 156 Å². The van der Waals surface area contributed by atoms with Crippen LogP contribution in [0, 0.1) is 11.8 Å². The third-order valence-corrected chi connectivity index (χ3v) is 7.06. The van der Waals surface area contributed by atoms with E-state index in [0.29, 0.717) is 0 Å². The van der Waals surface area contributed by atoms with Gasteiger partial charge in [0.05, 0.1) is 0 Å². The molecule has 1 atom stereocenters. The number of fused-ring (bicyclic) bond motifs is 1. The molecule has 2 aliphatic carbocycles. The third-order valence-electron chi connectivity index (χ3n) is 7.06. The van der Waals surface area contributed by atoms with E-state index in [1.54, 1.807) is 16.7 Å². The van der Waals surface area contributed by atoms with Gasteiger partial charge in [0.15, 0.2) is 0 Å². The van der Waals surface area contributed by atoms with Crippen LogP contribution in [0.25, 0.3) is 0 Å². The van der Waals surface area contributed by atoms with Crippen molar-refractivity contribution in [2.75, 3.05) is 0 Å². The molecule has 140 valence electrons. The lowest BCUT2D eigenvalue weighted by molar-refractivity contribution is 0.302. The molecule has 2 aliphatic rings. The van der Waals surface area contributed by atoms with Crippen LogP contribution in [0.1, 0.15) is 114 Å². The zero-order chi connectivity index (χ0) is 17.5. The molecule has 0 aliphatic heterocycles. The van der Waals surface area contributed by atoms with Crippen LogP contribution in [-0.2, 0) is 12.8 Å². The maximum atomic E-state index is 2.60.